The molecule has 76 valence electrons. The van der Waals surface area contributed by atoms with Gasteiger partial charge in [-0.15, -0.1) is 0 Å². The Kier molecular flexibility index (Phi) is 2.13. The van der Waals surface area contributed by atoms with Crippen molar-refractivity contribution in [1.82, 2.24) is 4.98 Å². The van der Waals surface area contributed by atoms with Crippen LogP contribution in [0.1, 0.15) is 25.0 Å². The van der Waals surface area contributed by atoms with Crippen molar-refractivity contribution >= 4 is 0 Å². The maximum absolute atomic E-state index is 13.6. The van der Waals surface area contributed by atoms with E-state index in [-0.39, 0.29) is 11.4 Å². The molecule has 1 aliphatic rings. The van der Waals surface area contributed by atoms with Crippen molar-refractivity contribution in [3.8, 4) is 5.75 Å². The van der Waals surface area contributed by atoms with Gasteiger partial charge in [-0.2, -0.15) is 8.78 Å². The fourth-order valence-electron chi connectivity index (χ4n) is 1.58. The zero-order valence-electron chi connectivity index (χ0n) is 7.58. The second kappa shape index (κ2) is 3.19. The van der Waals surface area contributed by atoms with Gasteiger partial charge in [-0.3, -0.25) is 4.98 Å². The predicted molar refractivity (Wildman–Crippen MR) is 47.1 cm³/mol. The number of rotatable bonds is 2. The van der Waals surface area contributed by atoms with Gasteiger partial charge in [0.1, 0.15) is 11.4 Å². The molecule has 1 aromatic heterocycles. The number of hydrogen-bond acceptors (Lipinski definition) is 2. The van der Waals surface area contributed by atoms with Crippen LogP contribution < -0.4 is 0 Å². The molecule has 1 N–H and O–H groups in total. The first-order valence-corrected chi connectivity index (χ1v) is 4.64. The van der Waals surface area contributed by atoms with Crippen LogP contribution in [-0.2, 0) is 5.92 Å². The highest BCUT2D eigenvalue weighted by Gasteiger charge is 2.45. The van der Waals surface area contributed by atoms with Crippen molar-refractivity contribution in [2.75, 3.05) is 0 Å². The molecule has 1 aromatic rings. The van der Waals surface area contributed by atoms with E-state index >= 15 is 0 Å². The third kappa shape index (κ3) is 1.45. The van der Waals surface area contributed by atoms with Gasteiger partial charge in [-0.1, -0.05) is 6.42 Å². The average Bonchev–Trinajstić information content (AvgIpc) is 2.00. The van der Waals surface area contributed by atoms with Crippen LogP contribution in [0.25, 0.3) is 0 Å². The summed E-state index contributed by atoms with van der Waals surface area (Å²) in [6.45, 7) is 0. The summed E-state index contributed by atoms with van der Waals surface area (Å²) < 4.78 is 27.2. The summed E-state index contributed by atoms with van der Waals surface area (Å²) in [7, 11) is 0. The van der Waals surface area contributed by atoms with Gasteiger partial charge >= 0.3 is 0 Å². The fraction of sp³-hybridized carbons (Fsp3) is 0.500. The Bertz CT molecular complexity index is 337. The van der Waals surface area contributed by atoms with Crippen LogP contribution in [-0.4, -0.2) is 10.1 Å². The molecule has 0 saturated heterocycles. The average molecular weight is 199 g/mol. The van der Waals surface area contributed by atoms with Gasteiger partial charge in [-0.05, 0) is 18.9 Å². The van der Waals surface area contributed by atoms with Crippen LogP contribution in [0, 0.1) is 5.92 Å². The molecule has 0 spiro atoms. The summed E-state index contributed by atoms with van der Waals surface area (Å²) in [4.78, 5) is 3.60. The van der Waals surface area contributed by atoms with E-state index in [1.165, 1.54) is 12.3 Å². The van der Waals surface area contributed by atoms with E-state index in [0.29, 0.717) is 12.8 Å². The lowest BCUT2D eigenvalue weighted by molar-refractivity contribution is -0.0978. The maximum Gasteiger partial charge on any atom is 0.292 e. The molecule has 0 atom stereocenters. The summed E-state index contributed by atoms with van der Waals surface area (Å²) in [5.41, 5.74) is -0.317. The SMILES string of the molecule is Oc1ccnc(C(F)(F)C2CCC2)c1. The predicted octanol–water partition coefficient (Wildman–Crippen LogP) is 2.68. The van der Waals surface area contributed by atoms with E-state index in [2.05, 4.69) is 4.98 Å². The monoisotopic (exact) mass is 199 g/mol. The van der Waals surface area contributed by atoms with E-state index in [1.54, 1.807) is 0 Å². The molecule has 0 aromatic carbocycles. The van der Waals surface area contributed by atoms with Crippen molar-refractivity contribution in [2.45, 2.75) is 25.2 Å². The fourth-order valence-corrected chi connectivity index (χ4v) is 1.58. The van der Waals surface area contributed by atoms with Gasteiger partial charge in [0.15, 0.2) is 0 Å². The first kappa shape index (κ1) is 9.37. The van der Waals surface area contributed by atoms with Gasteiger partial charge in [0, 0.05) is 18.2 Å². The Balaban J connectivity index is 2.28. The topological polar surface area (TPSA) is 33.1 Å². The van der Waals surface area contributed by atoms with Crippen LogP contribution in [0.15, 0.2) is 18.3 Å². The zero-order chi connectivity index (χ0) is 10.2. The molecular weight excluding hydrogens is 188 g/mol. The summed E-state index contributed by atoms with van der Waals surface area (Å²) in [6.07, 6.45) is 3.16. The number of aromatic nitrogens is 1. The van der Waals surface area contributed by atoms with Crippen molar-refractivity contribution in [1.29, 1.82) is 0 Å². The highest BCUT2D eigenvalue weighted by molar-refractivity contribution is 5.24. The summed E-state index contributed by atoms with van der Waals surface area (Å²) >= 11 is 0. The van der Waals surface area contributed by atoms with Gasteiger partial charge in [0.05, 0.1) is 0 Å². The molecule has 0 aliphatic heterocycles. The maximum atomic E-state index is 13.6. The van der Waals surface area contributed by atoms with Crippen LogP contribution in [0.4, 0.5) is 8.78 Å². The molecule has 1 heterocycles. The van der Waals surface area contributed by atoms with Crippen molar-refractivity contribution < 1.29 is 13.9 Å². The van der Waals surface area contributed by atoms with Crippen molar-refractivity contribution in [2.24, 2.45) is 5.92 Å². The minimum atomic E-state index is -2.89. The highest BCUT2D eigenvalue weighted by Crippen LogP contribution is 2.46. The molecule has 0 amide bonds. The van der Waals surface area contributed by atoms with E-state index in [4.69, 9.17) is 5.11 Å². The molecule has 1 fully saturated rings. The lowest BCUT2D eigenvalue weighted by Gasteiger charge is -2.32. The van der Waals surface area contributed by atoms with Crippen LogP contribution in [0.2, 0.25) is 0 Å². The first-order chi connectivity index (χ1) is 6.60. The van der Waals surface area contributed by atoms with Gasteiger partial charge in [-0.25, -0.2) is 0 Å². The largest absolute Gasteiger partial charge is 0.508 e. The van der Waals surface area contributed by atoms with Crippen LogP contribution in [0.3, 0.4) is 0 Å². The number of alkyl halides is 2. The highest BCUT2D eigenvalue weighted by atomic mass is 19.3. The number of nitrogens with zero attached hydrogens (tertiary/aromatic N) is 1. The van der Waals surface area contributed by atoms with E-state index in [1.807, 2.05) is 0 Å². The Labute approximate surface area is 80.6 Å². The lowest BCUT2D eigenvalue weighted by atomic mass is 9.79. The zero-order valence-corrected chi connectivity index (χ0v) is 7.58. The van der Waals surface area contributed by atoms with E-state index in [9.17, 15) is 8.78 Å². The number of hydrogen-bond donors (Lipinski definition) is 1. The van der Waals surface area contributed by atoms with E-state index in [0.717, 1.165) is 12.5 Å². The smallest absolute Gasteiger partial charge is 0.292 e. The van der Waals surface area contributed by atoms with Crippen LogP contribution >= 0.6 is 0 Å². The normalized spacial score (nSPS) is 17.9. The second-order valence-corrected chi connectivity index (χ2v) is 3.65. The van der Waals surface area contributed by atoms with Gasteiger partial charge < -0.3 is 5.11 Å². The Morgan fingerprint density at radius 3 is 2.64 bits per heavy atom. The molecule has 0 unspecified atom stereocenters. The Morgan fingerprint density at radius 1 is 1.43 bits per heavy atom. The number of pyridine rings is 1. The molecule has 0 radical (unpaired) electrons. The standard InChI is InChI=1S/C10H11F2NO/c11-10(12,7-2-1-3-7)9-6-8(14)4-5-13-9/h4-7H,1-3H2,(H,13,14). The lowest BCUT2D eigenvalue weighted by Crippen LogP contribution is -2.31. The second-order valence-electron chi connectivity index (χ2n) is 3.65. The molecule has 2 nitrogen and oxygen atoms in total. The minimum absolute atomic E-state index is 0.158. The van der Waals surface area contributed by atoms with Crippen molar-refractivity contribution in [3.05, 3.63) is 24.0 Å². The summed E-state index contributed by atoms with van der Waals surface area (Å²) in [5.74, 6) is -3.65. The molecule has 0 bridgehead atoms. The molecule has 2 rings (SSSR count). The van der Waals surface area contributed by atoms with E-state index < -0.39 is 11.8 Å². The van der Waals surface area contributed by atoms with Crippen molar-refractivity contribution in [3.63, 3.8) is 0 Å². The first-order valence-electron chi connectivity index (χ1n) is 4.64. The summed E-state index contributed by atoms with van der Waals surface area (Å²) in [6, 6.07) is 2.33. The van der Waals surface area contributed by atoms with Crippen LogP contribution in [0.5, 0.6) is 5.75 Å². The summed E-state index contributed by atoms with van der Waals surface area (Å²) in [5, 5.41) is 9.08. The minimum Gasteiger partial charge on any atom is -0.508 e. The Morgan fingerprint density at radius 2 is 2.14 bits per heavy atom. The third-order valence-electron chi connectivity index (χ3n) is 2.70. The molecule has 1 saturated carbocycles. The molecule has 14 heavy (non-hydrogen) atoms. The molecule has 1 aliphatic carbocycles. The quantitative estimate of drug-likeness (QED) is 0.794. The molecular formula is C10H11F2NO. The third-order valence-corrected chi connectivity index (χ3v) is 2.70. The Hall–Kier alpha value is -1.19. The molecule has 4 heteroatoms. The van der Waals surface area contributed by atoms with Gasteiger partial charge in [0.25, 0.3) is 5.92 Å². The number of halogens is 2. The number of aromatic hydroxyl groups is 1. The van der Waals surface area contributed by atoms with Gasteiger partial charge in [0.2, 0.25) is 0 Å².